The fourth-order valence-corrected chi connectivity index (χ4v) is 2.29. The maximum atomic E-state index is 4.35. The molecule has 0 atom stereocenters. The zero-order chi connectivity index (χ0) is 12.3. The highest BCUT2D eigenvalue weighted by molar-refractivity contribution is 9.10. The van der Waals surface area contributed by atoms with Crippen molar-refractivity contribution in [3.8, 4) is 0 Å². The molecule has 0 saturated carbocycles. The Bertz CT molecular complexity index is 565. The Morgan fingerprint density at radius 2 is 1.71 bits per heavy atom. The van der Waals surface area contributed by atoms with Gasteiger partial charge in [-0.3, -0.25) is 0 Å². The highest BCUT2D eigenvalue weighted by atomic mass is 79.9. The van der Waals surface area contributed by atoms with Crippen LogP contribution in [0.3, 0.4) is 0 Å². The molecule has 2 aromatic heterocycles. The first-order valence-corrected chi connectivity index (χ1v) is 6.67. The van der Waals surface area contributed by atoms with Crippen LogP contribution < -0.4 is 0 Å². The first kappa shape index (κ1) is 12.5. The normalized spacial score (nSPS) is 11.0. The summed E-state index contributed by atoms with van der Waals surface area (Å²) in [6, 6.07) is 7.94. The molecular weight excluding hydrogens is 344 g/mol. The Hall–Kier alpha value is -1.000. The third kappa shape index (κ3) is 3.23. The highest BCUT2D eigenvalue weighted by Gasteiger charge is 1.99. The molecule has 4 heteroatoms. The Morgan fingerprint density at radius 3 is 2.35 bits per heavy atom. The zero-order valence-electron chi connectivity index (χ0n) is 9.19. The fourth-order valence-electron chi connectivity index (χ4n) is 1.36. The van der Waals surface area contributed by atoms with Gasteiger partial charge in [-0.05, 0) is 50.9 Å². The molecule has 0 spiro atoms. The van der Waals surface area contributed by atoms with Crippen LogP contribution >= 0.6 is 31.9 Å². The Morgan fingerprint density at radius 1 is 1.00 bits per heavy atom. The molecule has 0 aliphatic heterocycles. The lowest BCUT2D eigenvalue weighted by Crippen LogP contribution is -1.85. The van der Waals surface area contributed by atoms with E-state index in [4.69, 9.17) is 0 Å². The van der Waals surface area contributed by atoms with Crippen LogP contribution in [-0.4, -0.2) is 9.97 Å². The van der Waals surface area contributed by atoms with Crippen LogP contribution in [0.5, 0.6) is 0 Å². The summed E-state index contributed by atoms with van der Waals surface area (Å²) in [5, 5.41) is 0. The van der Waals surface area contributed by atoms with E-state index in [9.17, 15) is 0 Å². The molecule has 2 nitrogen and oxygen atoms in total. The molecule has 0 N–H and O–H groups in total. The summed E-state index contributed by atoms with van der Waals surface area (Å²) >= 11 is 6.86. The largest absolute Gasteiger partial charge is 0.249 e. The number of hydrogen-bond acceptors (Lipinski definition) is 2. The molecule has 0 fully saturated rings. The van der Waals surface area contributed by atoms with E-state index in [1.165, 1.54) is 0 Å². The van der Waals surface area contributed by atoms with Gasteiger partial charge in [0, 0.05) is 23.0 Å². The van der Waals surface area contributed by atoms with Crippen molar-refractivity contribution in [2.75, 3.05) is 0 Å². The lowest BCUT2D eigenvalue weighted by molar-refractivity contribution is 1.16. The third-order valence-electron chi connectivity index (χ3n) is 2.25. The fraction of sp³-hybridized carbons (Fsp3) is 0.0769. The van der Waals surface area contributed by atoms with Crippen LogP contribution in [0.2, 0.25) is 0 Å². The van der Waals surface area contributed by atoms with Gasteiger partial charge in [0.25, 0.3) is 0 Å². The van der Waals surface area contributed by atoms with Gasteiger partial charge in [0.15, 0.2) is 0 Å². The minimum atomic E-state index is 0.840. The van der Waals surface area contributed by atoms with Crippen LogP contribution in [0.15, 0.2) is 39.7 Å². The molecule has 2 rings (SSSR count). The van der Waals surface area contributed by atoms with E-state index < -0.39 is 0 Å². The van der Waals surface area contributed by atoms with Gasteiger partial charge in [0.1, 0.15) is 9.21 Å². The maximum Gasteiger partial charge on any atom is 0.113 e. The van der Waals surface area contributed by atoms with Crippen LogP contribution in [0, 0.1) is 6.92 Å². The molecule has 0 aromatic carbocycles. The van der Waals surface area contributed by atoms with E-state index in [1.54, 1.807) is 6.20 Å². The van der Waals surface area contributed by atoms with Crippen LogP contribution in [0.4, 0.5) is 0 Å². The number of nitrogens with zero attached hydrogens (tertiary/aromatic N) is 2. The highest BCUT2D eigenvalue weighted by Crippen LogP contribution is 2.20. The predicted octanol–water partition coefficient (Wildman–Crippen LogP) is 4.48. The third-order valence-corrected chi connectivity index (χ3v) is 3.54. The number of aryl methyl sites for hydroxylation is 1. The van der Waals surface area contributed by atoms with Crippen molar-refractivity contribution in [1.29, 1.82) is 0 Å². The number of rotatable bonds is 2. The van der Waals surface area contributed by atoms with E-state index in [-0.39, 0.29) is 0 Å². The van der Waals surface area contributed by atoms with Gasteiger partial charge in [0.05, 0.1) is 0 Å². The van der Waals surface area contributed by atoms with Crippen LogP contribution in [-0.2, 0) is 0 Å². The molecule has 0 amide bonds. The topological polar surface area (TPSA) is 25.8 Å². The van der Waals surface area contributed by atoms with Crippen molar-refractivity contribution in [2.45, 2.75) is 6.92 Å². The number of halogens is 2. The average molecular weight is 354 g/mol. The Kier molecular flexibility index (Phi) is 4.07. The summed E-state index contributed by atoms with van der Waals surface area (Å²) in [5.41, 5.74) is 3.09. The molecule has 0 aliphatic carbocycles. The second-order valence-electron chi connectivity index (χ2n) is 3.55. The van der Waals surface area contributed by atoms with Crippen molar-refractivity contribution in [2.24, 2.45) is 0 Å². The average Bonchev–Trinajstić information content (AvgIpc) is 2.30. The zero-order valence-corrected chi connectivity index (χ0v) is 12.4. The van der Waals surface area contributed by atoms with Gasteiger partial charge >= 0.3 is 0 Å². The van der Waals surface area contributed by atoms with Gasteiger partial charge in [-0.1, -0.05) is 24.3 Å². The summed E-state index contributed by atoms with van der Waals surface area (Å²) < 4.78 is 1.70. The van der Waals surface area contributed by atoms with E-state index in [2.05, 4.69) is 41.8 Å². The molecule has 0 bridgehead atoms. The maximum absolute atomic E-state index is 4.35. The van der Waals surface area contributed by atoms with Gasteiger partial charge in [-0.15, -0.1) is 0 Å². The van der Waals surface area contributed by atoms with E-state index in [0.717, 1.165) is 26.0 Å². The second-order valence-corrected chi connectivity index (χ2v) is 5.05. The molecule has 86 valence electrons. The first-order chi connectivity index (χ1) is 8.16. The summed E-state index contributed by atoms with van der Waals surface area (Å²) in [7, 11) is 0. The summed E-state index contributed by atoms with van der Waals surface area (Å²) in [5.74, 6) is 0. The summed E-state index contributed by atoms with van der Waals surface area (Å²) in [4.78, 5) is 8.51. The summed E-state index contributed by atoms with van der Waals surface area (Å²) in [6.07, 6.45) is 5.78. The Labute approximate surface area is 117 Å². The minimum absolute atomic E-state index is 0.840. The lowest BCUT2D eigenvalue weighted by Gasteiger charge is -2.00. The molecule has 2 heterocycles. The number of hydrogen-bond donors (Lipinski definition) is 0. The van der Waals surface area contributed by atoms with Crippen molar-refractivity contribution in [3.63, 3.8) is 0 Å². The van der Waals surface area contributed by atoms with Gasteiger partial charge in [-0.2, -0.15) is 0 Å². The van der Waals surface area contributed by atoms with Crippen LogP contribution in [0.1, 0.15) is 16.8 Å². The number of pyridine rings is 2. The van der Waals surface area contributed by atoms with Crippen molar-refractivity contribution >= 4 is 44.0 Å². The molecule has 17 heavy (non-hydrogen) atoms. The monoisotopic (exact) mass is 352 g/mol. The molecular formula is C13H10Br2N2. The SMILES string of the molecule is Cc1ccc(/C=C\c2cccnc2Br)c(Br)n1. The van der Waals surface area contributed by atoms with Gasteiger partial charge < -0.3 is 0 Å². The van der Waals surface area contributed by atoms with Gasteiger partial charge in [-0.25, -0.2) is 9.97 Å². The minimum Gasteiger partial charge on any atom is -0.249 e. The van der Waals surface area contributed by atoms with Crippen LogP contribution in [0.25, 0.3) is 12.2 Å². The van der Waals surface area contributed by atoms with E-state index in [0.29, 0.717) is 0 Å². The molecule has 2 aromatic rings. The standard InChI is InChI=1S/C13H10Br2N2/c1-9-4-5-11(13(15)17-9)7-6-10-3-2-8-16-12(10)14/h2-8H,1H3/b7-6-. The molecule has 0 radical (unpaired) electrons. The lowest BCUT2D eigenvalue weighted by atomic mass is 10.2. The molecule has 0 aliphatic rings. The predicted molar refractivity (Wildman–Crippen MR) is 77.5 cm³/mol. The van der Waals surface area contributed by atoms with Crippen molar-refractivity contribution in [1.82, 2.24) is 9.97 Å². The Balaban J connectivity index is 2.29. The number of aromatic nitrogens is 2. The smallest absolute Gasteiger partial charge is 0.113 e. The quantitative estimate of drug-likeness (QED) is 0.744. The van der Waals surface area contributed by atoms with Crippen molar-refractivity contribution in [3.05, 3.63) is 56.5 Å². The second kappa shape index (κ2) is 5.56. The molecule has 0 unspecified atom stereocenters. The van der Waals surface area contributed by atoms with E-state index in [1.807, 2.05) is 43.3 Å². The first-order valence-electron chi connectivity index (χ1n) is 5.08. The molecule has 0 saturated heterocycles. The van der Waals surface area contributed by atoms with Gasteiger partial charge in [0.2, 0.25) is 0 Å². The van der Waals surface area contributed by atoms with Crippen molar-refractivity contribution < 1.29 is 0 Å². The van der Waals surface area contributed by atoms with E-state index >= 15 is 0 Å². The summed E-state index contributed by atoms with van der Waals surface area (Å²) in [6.45, 7) is 1.97.